The predicted molar refractivity (Wildman–Crippen MR) is 56.1 cm³/mol. The monoisotopic (exact) mass is 200 g/mol. The predicted octanol–water partition coefficient (Wildman–Crippen LogP) is -0.708. The molecule has 0 atom stereocenters. The molecule has 1 heterocycles. The average molecular weight is 200 g/mol. The first-order valence-corrected chi connectivity index (χ1v) is 5.15. The molecular formula is C9H20N4O. The Balaban J connectivity index is 2.17. The second-order valence-electron chi connectivity index (χ2n) is 3.66. The molecule has 1 aliphatic rings. The van der Waals surface area contributed by atoms with Gasteiger partial charge in [0.25, 0.3) is 0 Å². The van der Waals surface area contributed by atoms with Crippen LogP contribution in [0.25, 0.3) is 0 Å². The molecule has 1 saturated heterocycles. The molecule has 0 radical (unpaired) electrons. The molecule has 5 heteroatoms. The van der Waals surface area contributed by atoms with Crippen LogP contribution in [0.5, 0.6) is 0 Å². The van der Waals surface area contributed by atoms with Crippen LogP contribution in [0.3, 0.4) is 0 Å². The molecule has 3 N–H and O–H groups in total. The maximum absolute atomic E-state index is 11.5. The molecule has 0 aliphatic carbocycles. The van der Waals surface area contributed by atoms with Crippen molar-refractivity contribution in [2.45, 2.75) is 6.42 Å². The quantitative estimate of drug-likeness (QED) is 0.592. The Labute approximate surface area is 85.2 Å². The van der Waals surface area contributed by atoms with Gasteiger partial charge in [0.15, 0.2) is 0 Å². The van der Waals surface area contributed by atoms with E-state index in [9.17, 15) is 4.79 Å². The van der Waals surface area contributed by atoms with Crippen LogP contribution < -0.4 is 11.1 Å². The van der Waals surface area contributed by atoms with Gasteiger partial charge in [0.05, 0.1) is 0 Å². The number of likely N-dealkylation sites (N-methyl/N-ethyl adjacent to an activating group) is 1. The van der Waals surface area contributed by atoms with Crippen LogP contribution >= 0.6 is 0 Å². The second kappa shape index (κ2) is 5.82. The zero-order valence-electron chi connectivity index (χ0n) is 8.83. The van der Waals surface area contributed by atoms with Crippen molar-refractivity contribution in [2.24, 2.45) is 5.73 Å². The summed E-state index contributed by atoms with van der Waals surface area (Å²) in [5, 5.41) is 2.86. The average Bonchev–Trinajstić information content (AvgIpc) is 2.19. The largest absolute Gasteiger partial charge is 0.338 e. The number of hydrogen-bond donors (Lipinski definition) is 2. The summed E-state index contributed by atoms with van der Waals surface area (Å²) in [7, 11) is 2.07. The van der Waals surface area contributed by atoms with Gasteiger partial charge in [-0.05, 0) is 20.0 Å². The highest BCUT2D eigenvalue weighted by Gasteiger charge is 2.17. The number of urea groups is 1. The van der Waals surface area contributed by atoms with Crippen molar-refractivity contribution >= 4 is 6.03 Å². The van der Waals surface area contributed by atoms with Crippen LogP contribution in [0.15, 0.2) is 0 Å². The minimum atomic E-state index is 0.0477. The molecule has 82 valence electrons. The number of hydrogen-bond acceptors (Lipinski definition) is 3. The van der Waals surface area contributed by atoms with Gasteiger partial charge in [0, 0.05) is 32.7 Å². The van der Waals surface area contributed by atoms with E-state index in [1.807, 2.05) is 4.90 Å². The van der Waals surface area contributed by atoms with E-state index in [4.69, 9.17) is 5.73 Å². The lowest BCUT2D eigenvalue weighted by Gasteiger charge is -2.32. The highest BCUT2D eigenvalue weighted by molar-refractivity contribution is 5.74. The normalized spacial score (nSPS) is 18.3. The summed E-state index contributed by atoms with van der Waals surface area (Å²) in [5.41, 5.74) is 5.34. The van der Waals surface area contributed by atoms with Gasteiger partial charge >= 0.3 is 6.03 Å². The molecule has 0 bridgehead atoms. The topological polar surface area (TPSA) is 61.6 Å². The van der Waals surface area contributed by atoms with E-state index in [1.54, 1.807) is 0 Å². The third kappa shape index (κ3) is 3.51. The minimum absolute atomic E-state index is 0.0477. The van der Waals surface area contributed by atoms with E-state index in [0.717, 1.165) is 32.6 Å². The summed E-state index contributed by atoms with van der Waals surface area (Å²) in [4.78, 5) is 15.6. The van der Waals surface area contributed by atoms with Crippen LogP contribution in [-0.4, -0.2) is 62.1 Å². The van der Waals surface area contributed by atoms with Crippen molar-refractivity contribution in [1.29, 1.82) is 0 Å². The molecule has 0 saturated carbocycles. The van der Waals surface area contributed by atoms with Crippen molar-refractivity contribution in [1.82, 2.24) is 15.1 Å². The lowest BCUT2D eigenvalue weighted by Crippen LogP contribution is -2.50. The van der Waals surface area contributed by atoms with Crippen LogP contribution in [0, 0.1) is 0 Å². The molecule has 1 fully saturated rings. The SMILES string of the molecule is CN1CCN(C(=O)NCCCN)CC1. The minimum Gasteiger partial charge on any atom is -0.338 e. The standard InChI is InChI=1S/C9H20N4O/c1-12-5-7-13(8-6-12)9(14)11-4-2-3-10/h2-8,10H2,1H3,(H,11,14). The summed E-state index contributed by atoms with van der Waals surface area (Å²) in [6, 6.07) is 0.0477. The molecule has 2 amide bonds. The van der Waals surface area contributed by atoms with Crippen LogP contribution in [0.4, 0.5) is 4.79 Å². The van der Waals surface area contributed by atoms with E-state index < -0.39 is 0 Å². The van der Waals surface area contributed by atoms with Gasteiger partial charge in [-0.1, -0.05) is 0 Å². The summed E-state index contributed by atoms with van der Waals surface area (Å²) in [5.74, 6) is 0. The Bertz CT molecular complexity index is 178. The molecule has 0 spiro atoms. The van der Waals surface area contributed by atoms with Gasteiger partial charge in [0.1, 0.15) is 0 Å². The third-order valence-electron chi connectivity index (χ3n) is 2.45. The Kier molecular flexibility index (Phi) is 4.69. The lowest BCUT2D eigenvalue weighted by molar-refractivity contribution is 0.154. The highest BCUT2D eigenvalue weighted by Crippen LogP contribution is 1.98. The van der Waals surface area contributed by atoms with Gasteiger partial charge in [-0.2, -0.15) is 0 Å². The van der Waals surface area contributed by atoms with Crippen molar-refractivity contribution in [3.63, 3.8) is 0 Å². The van der Waals surface area contributed by atoms with Crippen LogP contribution in [-0.2, 0) is 0 Å². The molecular weight excluding hydrogens is 180 g/mol. The van der Waals surface area contributed by atoms with Crippen LogP contribution in [0.2, 0.25) is 0 Å². The molecule has 0 aromatic heterocycles. The van der Waals surface area contributed by atoms with E-state index in [0.29, 0.717) is 13.1 Å². The zero-order valence-corrected chi connectivity index (χ0v) is 8.83. The van der Waals surface area contributed by atoms with E-state index in [-0.39, 0.29) is 6.03 Å². The summed E-state index contributed by atoms with van der Waals surface area (Å²) >= 11 is 0. The number of nitrogens with one attached hydrogen (secondary N) is 1. The number of nitrogens with zero attached hydrogens (tertiary/aromatic N) is 2. The van der Waals surface area contributed by atoms with Gasteiger partial charge < -0.3 is 20.9 Å². The summed E-state index contributed by atoms with van der Waals surface area (Å²) < 4.78 is 0. The maximum atomic E-state index is 11.5. The highest BCUT2D eigenvalue weighted by atomic mass is 16.2. The van der Waals surface area contributed by atoms with Gasteiger partial charge in [0.2, 0.25) is 0 Å². The molecule has 5 nitrogen and oxygen atoms in total. The number of amides is 2. The first-order valence-electron chi connectivity index (χ1n) is 5.15. The number of carbonyl (C=O) groups excluding carboxylic acids is 1. The van der Waals surface area contributed by atoms with Crippen molar-refractivity contribution < 1.29 is 4.79 Å². The zero-order chi connectivity index (χ0) is 10.4. The molecule has 1 rings (SSSR count). The first-order chi connectivity index (χ1) is 6.74. The molecule has 0 aromatic rings. The van der Waals surface area contributed by atoms with E-state index >= 15 is 0 Å². The Morgan fingerprint density at radius 1 is 1.36 bits per heavy atom. The third-order valence-corrected chi connectivity index (χ3v) is 2.45. The second-order valence-corrected chi connectivity index (χ2v) is 3.66. The smallest absolute Gasteiger partial charge is 0.317 e. The molecule has 1 aliphatic heterocycles. The number of nitrogens with two attached hydrogens (primary N) is 1. The Morgan fingerprint density at radius 3 is 2.57 bits per heavy atom. The number of piperazine rings is 1. The van der Waals surface area contributed by atoms with E-state index in [1.165, 1.54) is 0 Å². The van der Waals surface area contributed by atoms with Gasteiger partial charge in [-0.25, -0.2) is 4.79 Å². The summed E-state index contributed by atoms with van der Waals surface area (Å²) in [6.45, 7) is 4.88. The fourth-order valence-corrected chi connectivity index (χ4v) is 1.42. The lowest BCUT2D eigenvalue weighted by atomic mass is 10.3. The molecule has 14 heavy (non-hydrogen) atoms. The molecule has 0 unspecified atom stereocenters. The maximum Gasteiger partial charge on any atom is 0.317 e. The van der Waals surface area contributed by atoms with Crippen molar-refractivity contribution in [3.8, 4) is 0 Å². The fourth-order valence-electron chi connectivity index (χ4n) is 1.42. The Hall–Kier alpha value is -0.810. The van der Waals surface area contributed by atoms with Gasteiger partial charge in [-0.3, -0.25) is 0 Å². The molecule has 0 aromatic carbocycles. The van der Waals surface area contributed by atoms with Crippen molar-refractivity contribution in [3.05, 3.63) is 0 Å². The van der Waals surface area contributed by atoms with E-state index in [2.05, 4.69) is 17.3 Å². The number of carbonyl (C=O) groups is 1. The van der Waals surface area contributed by atoms with Crippen molar-refractivity contribution in [2.75, 3.05) is 46.3 Å². The first kappa shape index (κ1) is 11.3. The number of rotatable bonds is 3. The van der Waals surface area contributed by atoms with Gasteiger partial charge in [-0.15, -0.1) is 0 Å². The fraction of sp³-hybridized carbons (Fsp3) is 0.889. The Morgan fingerprint density at radius 2 is 2.00 bits per heavy atom. The summed E-state index contributed by atoms with van der Waals surface area (Å²) in [6.07, 6.45) is 0.847. The van der Waals surface area contributed by atoms with Crippen LogP contribution in [0.1, 0.15) is 6.42 Å².